The molecule has 0 amide bonds. The van der Waals surface area contributed by atoms with Crippen molar-refractivity contribution in [3.63, 3.8) is 0 Å². The van der Waals surface area contributed by atoms with Gasteiger partial charge in [0.15, 0.2) is 0 Å². The number of anilines is 1. The first-order valence-electron chi connectivity index (χ1n) is 7.69. The second kappa shape index (κ2) is 6.25. The quantitative estimate of drug-likeness (QED) is 0.806. The lowest BCUT2D eigenvalue weighted by Gasteiger charge is -2.23. The van der Waals surface area contributed by atoms with E-state index in [1.54, 1.807) is 0 Å². The number of hydrogen-bond acceptors (Lipinski definition) is 5. The van der Waals surface area contributed by atoms with E-state index in [1.807, 2.05) is 4.72 Å². The summed E-state index contributed by atoms with van der Waals surface area (Å²) in [5.41, 5.74) is -0.270. The number of fused-ring (bicyclic) bond motifs is 2. The first-order chi connectivity index (χ1) is 11.1. The van der Waals surface area contributed by atoms with Crippen molar-refractivity contribution in [1.29, 1.82) is 0 Å². The zero-order chi connectivity index (χ0) is 17.5. The molecule has 2 bridgehead atoms. The van der Waals surface area contributed by atoms with E-state index in [0.717, 1.165) is 37.7 Å². The molecule has 0 aromatic heterocycles. The van der Waals surface area contributed by atoms with Crippen molar-refractivity contribution in [2.45, 2.75) is 36.2 Å². The van der Waals surface area contributed by atoms with Crippen LogP contribution in [0.5, 0.6) is 0 Å². The molecule has 2 atom stereocenters. The summed E-state index contributed by atoms with van der Waals surface area (Å²) in [7, 11) is -7.45. The van der Waals surface area contributed by atoms with Crippen LogP contribution in [-0.4, -0.2) is 52.6 Å². The maximum Gasteiger partial charge on any atom is 0.243 e. The first kappa shape index (κ1) is 17.6. The summed E-state index contributed by atoms with van der Waals surface area (Å²) < 4.78 is 65.4. The van der Waals surface area contributed by atoms with Crippen LogP contribution in [0.15, 0.2) is 23.1 Å². The molecule has 2 unspecified atom stereocenters. The average molecular weight is 377 g/mol. The van der Waals surface area contributed by atoms with E-state index in [9.17, 15) is 21.2 Å². The summed E-state index contributed by atoms with van der Waals surface area (Å²) in [6, 6.07) is 3.68. The summed E-state index contributed by atoms with van der Waals surface area (Å²) >= 11 is 0. The van der Waals surface area contributed by atoms with Gasteiger partial charge in [0.05, 0.1) is 16.8 Å². The third-order valence-corrected chi connectivity index (χ3v) is 6.81. The molecule has 0 aliphatic carbocycles. The smallest absolute Gasteiger partial charge is 0.243 e. The molecule has 7 nitrogen and oxygen atoms in total. The van der Waals surface area contributed by atoms with Crippen LogP contribution in [0.3, 0.4) is 0 Å². The van der Waals surface area contributed by atoms with Gasteiger partial charge in [0.2, 0.25) is 20.0 Å². The maximum absolute atomic E-state index is 14.1. The summed E-state index contributed by atoms with van der Waals surface area (Å²) in [5.74, 6) is -0.920. The van der Waals surface area contributed by atoms with Crippen LogP contribution in [0.4, 0.5) is 10.1 Å². The van der Waals surface area contributed by atoms with Crippen LogP contribution in [-0.2, 0) is 20.0 Å². The highest BCUT2D eigenvalue weighted by atomic mass is 32.2. The number of nitrogens with zero attached hydrogens (tertiary/aromatic N) is 1. The lowest BCUT2D eigenvalue weighted by atomic mass is 10.1. The molecule has 1 aromatic rings. The Kier molecular flexibility index (Phi) is 4.58. The fraction of sp³-hybridized carbons (Fsp3) is 0.571. The van der Waals surface area contributed by atoms with Crippen LogP contribution >= 0.6 is 0 Å². The molecule has 134 valence electrons. The minimum atomic E-state index is -3.81. The van der Waals surface area contributed by atoms with Gasteiger partial charge in [-0.05, 0) is 37.5 Å². The van der Waals surface area contributed by atoms with Gasteiger partial charge < -0.3 is 5.32 Å². The monoisotopic (exact) mass is 377 g/mol. The van der Waals surface area contributed by atoms with Crippen molar-refractivity contribution in [3.8, 4) is 0 Å². The van der Waals surface area contributed by atoms with Gasteiger partial charge in [-0.2, -0.15) is 4.31 Å². The molecule has 2 aliphatic rings. The standard InChI is InChI=1S/C14H20FN3O4S2/c1-23(19,20)17-14-5-4-12(8-13(14)15)24(21,22)18-7-6-10-2-3-11(9-18)16-10/h4-5,8,10-11,16-17H,2-3,6-7,9H2,1H3. The molecule has 0 spiro atoms. The van der Waals surface area contributed by atoms with Crippen LogP contribution in [0, 0.1) is 5.82 Å². The Morgan fingerprint density at radius 2 is 1.88 bits per heavy atom. The van der Waals surface area contributed by atoms with Gasteiger partial charge in [0, 0.05) is 25.2 Å². The van der Waals surface area contributed by atoms with Gasteiger partial charge in [-0.1, -0.05) is 0 Å². The van der Waals surface area contributed by atoms with Crippen molar-refractivity contribution in [2.24, 2.45) is 0 Å². The number of sulfonamides is 2. The maximum atomic E-state index is 14.1. The van der Waals surface area contributed by atoms with E-state index in [4.69, 9.17) is 0 Å². The molecule has 1 aromatic carbocycles. The molecule has 2 N–H and O–H groups in total. The van der Waals surface area contributed by atoms with E-state index in [1.165, 1.54) is 10.4 Å². The Morgan fingerprint density at radius 3 is 2.54 bits per heavy atom. The van der Waals surface area contributed by atoms with Crippen molar-refractivity contribution in [1.82, 2.24) is 9.62 Å². The minimum Gasteiger partial charge on any atom is -0.310 e. The highest BCUT2D eigenvalue weighted by Crippen LogP contribution is 2.27. The van der Waals surface area contributed by atoms with Crippen LogP contribution in [0.25, 0.3) is 0 Å². The normalized spacial score (nSPS) is 25.4. The molecular formula is C14H20FN3O4S2. The molecule has 2 fully saturated rings. The topological polar surface area (TPSA) is 95.6 Å². The van der Waals surface area contributed by atoms with E-state index < -0.39 is 25.9 Å². The summed E-state index contributed by atoms with van der Waals surface area (Å²) in [5, 5.41) is 3.40. The number of halogens is 1. The molecule has 10 heteroatoms. The van der Waals surface area contributed by atoms with Crippen LogP contribution < -0.4 is 10.0 Å². The molecule has 0 saturated carbocycles. The molecule has 2 aliphatic heterocycles. The van der Waals surface area contributed by atoms with Crippen molar-refractivity contribution in [3.05, 3.63) is 24.0 Å². The van der Waals surface area contributed by atoms with Crippen molar-refractivity contribution < 1.29 is 21.2 Å². The Bertz CT molecular complexity index is 842. The predicted molar refractivity (Wildman–Crippen MR) is 88.2 cm³/mol. The van der Waals surface area contributed by atoms with E-state index in [2.05, 4.69) is 5.32 Å². The van der Waals surface area contributed by atoms with Crippen LogP contribution in [0.2, 0.25) is 0 Å². The molecule has 3 rings (SSSR count). The van der Waals surface area contributed by atoms with Gasteiger partial charge in [-0.3, -0.25) is 4.72 Å². The predicted octanol–water partition coefficient (Wildman–Crippen LogP) is 0.712. The zero-order valence-corrected chi connectivity index (χ0v) is 14.8. The number of hydrogen-bond donors (Lipinski definition) is 2. The molecule has 2 heterocycles. The summed E-state index contributed by atoms with van der Waals surface area (Å²) in [6.07, 6.45) is 3.61. The molecule has 24 heavy (non-hydrogen) atoms. The van der Waals surface area contributed by atoms with Crippen LogP contribution in [0.1, 0.15) is 19.3 Å². The molecule has 0 radical (unpaired) electrons. The van der Waals surface area contributed by atoms with Crippen molar-refractivity contribution in [2.75, 3.05) is 24.1 Å². The highest BCUT2D eigenvalue weighted by Gasteiger charge is 2.35. The SMILES string of the molecule is CS(=O)(=O)Nc1ccc(S(=O)(=O)N2CCC3CCC(C2)N3)cc1F. The number of rotatable bonds is 4. The summed E-state index contributed by atoms with van der Waals surface area (Å²) in [6.45, 7) is 0.755. The lowest BCUT2D eigenvalue weighted by Crippen LogP contribution is -2.39. The van der Waals surface area contributed by atoms with Gasteiger partial charge in [-0.25, -0.2) is 21.2 Å². The van der Waals surface area contributed by atoms with Crippen molar-refractivity contribution >= 4 is 25.7 Å². The van der Waals surface area contributed by atoms with E-state index >= 15 is 0 Å². The minimum absolute atomic E-state index is 0.128. The third kappa shape index (κ3) is 3.71. The second-order valence-electron chi connectivity index (χ2n) is 6.31. The first-order valence-corrected chi connectivity index (χ1v) is 11.0. The van der Waals surface area contributed by atoms with E-state index in [0.29, 0.717) is 19.1 Å². The summed E-state index contributed by atoms with van der Waals surface area (Å²) in [4.78, 5) is -0.170. The highest BCUT2D eigenvalue weighted by molar-refractivity contribution is 7.92. The molecule has 2 saturated heterocycles. The fourth-order valence-electron chi connectivity index (χ4n) is 3.22. The Morgan fingerprint density at radius 1 is 1.17 bits per heavy atom. The number of nitrogens with one attached hydrogen (secondary N) is 2. The van der Waals surface area contributed by atoms with Gasteiger partial charge in [0.1, 0.15) is 5.82 Å². The Labute approximate surface area is 141 Å². The fourth-order valence-corrected chi connectivity index (χ4v) is 5.29. The number of benzene rings is 1. The average Bonchev–Trinajstić information content (AvgIpc) is 2.78. The zero-order valence-electron chi connectivity index (χ0n) is 13.2. The van der Waals surface area contributed by atoms with Gasteiger partial charge >= 0.3 is 0 Å². The van der Waals surface area contributed by atoms with Gasteiger partial charge in [0.25, 0.3) is 0 Å². The second-order valence-corrected chi connectivity index (χ2v) is 9.99. The lowest BCUT2D eigenvalue weighted by molar-refractivity contribution is 0.383. The van der Waals surface area contributed by atoms with Gasteiger partial charge in [-0.15, -0.1) is 0 Å². The Balaban J connectivity index is 1.85. The van der Waals surface area contributed by atoms with E-state index in [-0.39, 0.29) is 16.6 Å². The third-order valence-electron chi connectivity index (χ3n) is 4.36. The molecular weight excluding hydrogens is 357 g/mol. The Hall–Kier alpha value is -1.23. The largest absolute Gasteiger partial charge is 0.310 e.